The Hall–Kier alpha value is -3.69. The van der Waals surface area contributed by atoms with E-state index >= 15 is 0 Å². The molecule has 4 rings (SSSR count). The van der Waals surface area contributed by atoms with Crippen molar-refractivity contribution in [2.75, 3.05) is 20.1 Å². The molecule has 1 unspecified atom stereocenters. The normalized spacial score (nSPS) is 20.2. The van der Waals surface area contributed by atoms with Crippen molar-refractivity contribution < 1.29 is 32.3 Å². The maximum absolute atomic E-state index is 13.5. The highest BCUT2D eigenvalue weighted by molar-refractivity contribution is 6.10. The van der Waals surface area contributed by atoms with E-state index in [0.717, 1.165) is 23.8 Å². The van der Waals surface area contributed by atoms with Crippen LogP contribution in [-0.2, 0) is 20.6 Å². The van der Waals surface area contributed by atoms with Crippen molar-refractivity contribution in [2.24, 2.45) is 11.3 Å². The molecule has 2 fully saturated rings. The first-order valence-electron chi connectivity index (χ1n) is 12.5. The van der Waals surface area contributed by atoms with Crippen molar-refractivity contribution in [3.8, 4) is 0 Å². The molecule has 0 aromatic heterocycles. The first-order chi connectivity index (χ1) is 17.9. The Morgan fingerprint density at radius 3 is 2.21 bits per heavy atom. The van der Waals surface area contributed by atoms with Crippen LogP contribution in [0, 0.1) is 11.3 Å². The van der Waals surface area contributed by atoms with E-state index in [2.05, 4.69) is 5.32 Å². The molecular formula is C28H30F3N3O4. The minimum atomic E-state index is -4.60. The minimum absolute atomic E-state index is 0.195. The van der Waals surface area contributed by atoms with Gasteiger partial charge >= 0.3 is 6.18 Å². The number of rotatable bonds is 5. The summed E-state index contributed by atoms with van der Waals surface area (Å²) in [6.45, 7) is 3.88. The highest BCUT2D eigenvalue weighted by Gasteiger charge is 2.59. The van der Waals surface area contributed by atoms with Crippen LogP contribution in [-0.4, -0.2) is 59.6 Å². The lowest BCUT2D eigenvalue weighted by Crippen LogP contribution is -2.55. The average molecular weight is 530 g/mol. The lowest BCUT2D eigenvalue weighted by molar-refractivity contribution is -0.144. The van der Waals surface area contributed by atoms with E-state index in [1.807, 2.05) is 30.3 Å². The standard InChI is InChI=1S/C28H30F3N3O4/c1-17(2)22(32-23(35)19-10-7-11-20(16-19)28(29,30)31)25(37)34-14-12-27(13-15-34)21(18-8-5-4-6-9-18)24(36)33(3)26(27)38/h4-11,16-17,21-22H,12-15H2,1-3H3,(H,32,35)/t21?,22-/m1/s1. The number of carbonyl (C=O) groups is 4. The zero-order chi connectivity index (χ0) is 27.8. The van der Waals surface area contributed by atoms with E-state index in [1.165, 1.54) is 18.0 Å². The van der Waals surface area contributed by atoms with Gasteiger partial charge in [-0.2, -0.15) is 13.2 Å². The summed E-state index contributed by atoms with van der Waals surface area (Å²) in [5.41, 5.74) is -1.35. The predicted molar refractivity (Wildman–Crippen MR) is 133 cm³/mol. The molecular weight excluding hydrogens is 499 g/mol. The summed E-state index contributed by atoms with van der Waals surface area (Å²) in [6, 6.07) is 12.2. The number of halogens is 3. The number of imide groups is 1. The molecule has 0 radical (unpaired) electrons. The molecule has 2 aromatic rings. The van der Waals surface area contributed by atoms with E-state index in [1.54, 1.807) is 18.7 Å². The molecule has 0 bridgehead atoms. The van der Waals surface area contributed by atoms with Crippen LogP contribution in [0.4, 0.5) is 13.2 Å². The zero-order valence-electron chi connectivity index (χ0n) is 21.4. The first kappa shape index (κ1) is 27.3. The highest BCUT2D eigenvalue weighted by Crippen LogP contribution is 2.51. The molecule has 2 saturated heterocycles. The van der Waals surface area contributed by atoms with E-state index < -0.39 is 35.0 Å². The Morgan fingerprint density at radius 2 is 1.63 bits per heavy atom. The second-order valence-corrected chi connectivity index (χ2v) is 10.3. The van der Waals surface area contributed by atoms with E-state index in [-0.39, 0.29) is 55.1 Å². The van der Waals surface area contributed by atoms with Gasteiger partial charge in [0.25, 0.3) is 5.91 Å². The van der Waals surface area contributed by atoms with Gasteiger partial charge in [-0.3, -0.25) is 24.1 Å². The lowest BCUT2D eigenvalue weighted by Gasteiger charge is -2.41. The summed E-state index contributed by atoms with van der Waals surface area (Å²) >= 11 is 0. The zero-order valence-corrected chi connectivity index (χ0v) is 21.4. The Morgan fingerprint density at radius 1 is 1.00 bits per heavy atom. The van der Waals surface area contributed by atoms with Crippen LogP contribution in [0.1, 0.15) is 54.1 Å². The quantitative estimate of drug-likeness (QED) is 0.597. The van der Waals surface area contributed by atoms with Gasteiger partial charge < -0.3 is 10.2 Å². The third-order valence-electron chi connectivity index (χ3n) is 7.63. The minimum Gasteiger partial charge on any atom is -0.341 e. The molecule has 0 saturated carbocycles. The molecule has 7 nitrogen and oxygen atoms in total. The lowest BCUT2D eigenvalue weighted by atomic mass is 9.67. The topological polar surface area (TPSA) is 86.8 Å². The number of benzene rings is 2. The van der Waals surface area contributed by atoms with Gasteiger partial charge in [-0.15, -0.1) is 0 Å². The van der Waals surface area contributed by atoms with Gasteiger partial charge in [0.2, 0.25) is 17.7 Å². The van der Waals surface area contributed by atoms with Crippen LogP contribution in [0.3, 0.4) is 0 Å². The number of likely N-dealkylation sites (tertiary alicyclic amines) is 2. The molecule has 1 spiro atoms. The fourth-order valence-corrected chi connectivity index (χ4v) is 5.49. The largest absolute Gasteiger partial charge is 0.416 e. The number of carbonyl (C=O) groups excluding carboxylic acids is 4. The molecule has 2 aliphatic rings. The maximum Gasteiger partial charge on any atom is 0.416 e. The molecule has 2 heterocycles. The molecule has 202 valence electrons. The van der Waals surface area contributed by atoms with Crippen LogP contribution in [0.15, 0.2) is 54.6 Å². The van der Waals surface area contributed by atoms with Gasteiger partial charge in [0, 0.05) is 25.7 Å². The van der Waals surface area contributed by atoms with Crippen molar-refractivity contribution in [2.45, 2.75) is 44.8 Å². The number of likely N-dealkylation sites (N-methyl/N-ethyl adjacent to an activating group) is 1. The summed E-state index contributed by atoms with van der Waals surface area (Å²) in [5.74, 6) is -2.67. The molecule has 0 aliphatic carbocycles. The summed E-state index contributed by atoms with van der Waals surface area (Å²) in [4.78, 5) is 55.3. The van der Waals surface area contributed by atoms with Crippen molar-refractivity contribution in [1.29, 1.82) is 0 Å². The number of amides is 4. The van der Waals surface area contributed by atoms with Crippen LogP contribution in [0.5, 0.6) is 0 Å². The number of hydrogen-bond acceptors (Lipinski definition) is 4. The second-order valence-electron chi connectivity index (χ2n) is 10.3. The van der Waals surface area contributed by atoms with Crippen LogP contribution in [0.25, 0.3) is 0 Å². The molecule has 4 amide bonds. The Labute approximate surface area is 219 Å². The molecule has 2 aromatic carbocycles. The number of nitrogens with zero attached hydrogens (tertiary/aromatic N) is 2. The second kappa shape index (κ2) is 10.2. The maximum atomic E-state index is 13.5. The predicted octanol–water partition coefficient (Wildman–Crippen LogP) is 3.85. The van der Waals surface area contributed by atoms with Crippen LogP contribution < -0.4 is 5.32 Å². The Balaban J connectivity index is 1.50. The Bertz CT molecular complexity index is 1240. The van der Waals surface area contributed by atoms with Crippen molar-refractivity contribution in [3.63, 3.8) is 0 Å². The third kappa shape index (κ3) is 4.91. The SMILES string of the molecule is CC(C)[C@@H](NC(=O)c1cccc(C(F)(F)F)c1)C(=O)N1CCC2(CC1)C(=O)N(C)C(=O)C2c1ccccc1. The molecule has 38 heavy (non-hydrogen) atoms. The van der Waals surface area contributed by atoms with Crippen LogP contribution in [0.2, 0.25) is 0 Å². The smallest absolute Gasteiger partial charge is 0.341 e. The van der Waals surface area contributed by atoms with Gasteiger partial charge in [0.15, 0.2) is 0 Å². The van der Waals surface area contributed by atoms with E-state index in [4.69, 9.17) is 0 Å². The summed E-state index contributed by atoms with van der Waals surface area (Å²) < 4.78 is 39.3. The first-order valence-corrected chi connectivity index (χ1v) is 12.5. The van der Waals surface area contributed by atoms with Gasteiger partial charge in [-0.1, -0.05) is 50.2 Å². The fraction of sp³-hybridized carbons (Fsp3) is 0.429. The number of hydrogen-bond donors (Lipinski definition) is 1. The molecule has 2 aliphatic heterocycles. The van der Waals surface area contributed by atoms with Crippen molar-refractivity contribution in [3.05, 3.63) is 71.3 Å². The molecule has 1 N–H and O–H groups in total. The number of piperidine rings is 1. The van der Waals surface area contributed by atoms with Crippen molar-refractivity contribution >= 4 is 23.6 Å². The van der Waals surface area contributed by atoms with Gasteiger partial charge in [0.05, 0.1) is 16.9 Å². The van der Waals surface area contributed by atoms with Gasteiger partial charge in [-0.25, -0.2) is 0 Å². The van der Waals surface area contributed by atoms with E-state index in [9.17, 15) is 32.3 Å². The number of alkyl halides is 3. The van der Waals surface area contributed by atoms with Gasteiger partial charge in [-0.05, 0) is 42.5 Å². The molecule has 10 heteroatoms. The summed E-state index contributed by atoms with van der Waals surface area (Å²) in [6.07, 6.45) is -4.04. The highest BCUT2D eigenvalue weighted by atomic mass is 19.4. The Kier molecular flexibility index (Phi) is 7.36. The van der Waals surface area contributed by atoms with Crippen molar-refractivity contribution in [1.82, 2.24) is 15.1 Å². The van der Waals surface area contributed by atoms with Gasteiger partial charge in [0.1, 0.15) is 6.04 Å². The fourth-order valence-electron chi connectivity index (χ4n) is 5.49. The third-order valence-corrected chi connectivity index (χ3v) is 7.63. The molecule has 2 atom stereocenters. The van der Waals surface area contributed by atoms with E-state index in [0.29, 0.717) is 0 Å². The van der Waals surface area contributed by atoms with Crippen LogP contribution >= 0.6 is 0 Å². The number of nitrogens with one attached hydrogen (secondary N) is 1. The monoisotopic (exact) mass is 529 g/mol. The summed E-state index contributed by atoms with van der Waals surface area (Å²) in [5, 5.41) is 2.60. The average Bonchev–Trinajstić information content (AvgIpc) is 3.07. The summed E-state index contributed by atoms with van der Waals surface area (Å²) in [7, 11) is 1.48.